The van der Waals surface area contributed by atoms with Gasteiger partial charge in [0.2, 0.25) is 5.91 Å². The molecule has 4 nitrogen and oxygen atoms in total. The van der Waals surface area contributed by atoms with Crippen molar-refractivity contribution >= 4 is 5.91 Å². The number of carbonyl (C=O) groups is 1. The molecule has 144 valence electrons. The summed E-state index contributed by atoms with van der Waals surface area (Å²) in [6.45, 7) is 2.95. The number of hydrogen-bond donors (Lipinski definition) is 1. The molecular weight excluding hydrogens is 336 g/mol. The quantitative estimate of drug-likeness (QED) is 0.729. The van der Waals surface area contributed by atoms with Crippen LogP contribution >= 0.6 is 0 Å². The molecule has 0 spiro atoms. The third-order valence-electron chi connectivity index (χ3n) is 5.37. The SMILES string of the molecule is COc1ccccc1CCNCC(=O)N1CCC(Cc2ccccc2)CC1. The Bertz CT molecular complexity index is 709. The van der Waals surface area contributed by atoms with E-state index in [-0.39, 0.29) is 5.91 Å². The molecule has 1 saturated heterocycles. The number of rotatable bonds is 8. The second-order valence-corrected chi connectivity index (χ2v) is 7.25. The zero-order valence-corrected chi connectivity index (χ0v) is 16.2. The Labute approximate surface area is 162 Å². The molecule has 1 aliphatic heterocycles. The largest absolute Gasteiger partial charge is 0.496 e. The molecule has 2 aromatic carbocycles. The van der Waals surface area contributed by atoms with Crippen molar-refractivity contribution < 1.29 is 9.53 Å². The fourth-order valence-electron chi connectivity index (χ4n) is 3.77. The molecule has 0 aliphatic carbocycles. The van der Waals surface area contributed by atoms with E-state index in [4.69, 9.17) is 4.74 Å². The van der Waals surface area contributed by atoms with Gasteiger partial charge in [-0.05, 0) is 55.3 Å². The Morgan fingerprint density at radius 2 is 1.78 bits per heavy atom. The fourth-order valence-corrected chi connectivity index (χ4v) is 3.77. The van der Waals surface area contributed by atoms with Crippen LogP contribution < -0.4 is 10.1 Å². The maximum atomic E-state index is 12.4. The minimum Gasteiger partial charge on any atom is -0.496 e. The van der Waals surface area contributed by atoms with Crippen LogP contribution in [0.25, 0.3) is 0 Å². The molecule has 3 rings (SSSR count). The van der Waals surface area contributed by atoms with Gasteiger partial charge in [0.15, 0.2) is 0 Å². The van der Waals surface area contributed by atoms with Gasteiger partial charge >= 0.3 is 0 Å². The normalized spacial score (nSPS) is 14.9. The van der Waals surface area contributed by atoms with Gasteiger partial charge in [-0.25, -0.2) is 0 Å². The predicted molar refractivity (Wildman–Crippen MR) is 109 cm³/mol. The van der Waals surface area contributed by atoms with Gasteiger partial charge in [-0.3, -0.25) is 4.79 Å². The summed E-state index contributed by atoms with van der Waals surface area (Å²) in [5.41, 5.74) is 2.57. The highest BCUT2D eigenvalue weighted by Gasteiger charge is 2.22. The van der Waals surface area contributed by atoms with Crippen molar-refractivity contribution in [2.45, 2.75) is 25.7 Å². The lowest BCUT2D eigenvalue weighted by Crippen LogP contribution is -2.43. The van der Waals surface area contributed by atoms with E-state index >= 15 is 0 Å². The molecule has 0 saturated carbocycles. The highest BCUT2D eigenvalue weighted by atomic mass is 16.5. The fraction of sp³-hybridized carbons (Fsp3) is 0.435. The summed E-state index contributed by atoms with van der Waals surface area (Å²) in [4.78, 5) is 14.4. The highest BCUT2D eigenvalue weighted by molar-refractivity contribution is 5.78. The summed E-state index contributed by atoms with van der Waals surface area (Å²) >= 11 is 0. The van der Waals surface area contributed by atoms with Crippen molar-refractivity contribution in [3.63, 3.8) is 0 Å². The zero-order chi connectivity index (χ0) is 18.9. The minimum atomic E-state index is 0.216. The number of amides is 1. The Kier molecular flexibility index (Phi) is 7.28. The third-order valence-corrected chi connectivity index (χ3v) is 5.37. The first-order chi connectivity index (χ1) is 13.3. The van der Waals surface area contributed by atoms with Crippen LogP contribution in [0.3, 0.4) is 0 Å². The average Bonchev–Trinajstić information content (AvgIpc) is 2.72. The lowest BCUT2D eigenvalue weighted by molar-refractivity contribution is -0.131. The Balaban J connectivity index is 1.35. The van der Waals surface area contributed by atoms with Gasteiger partial charge in [0, 0.05) is 13.1 Å². The van der Waals surface area contributed by atoms with Crippen LogP contribution in [0, 0.1) is 5.92 Å². The molecule has 2 aromatic rings. The number of likely N-dealkylation sites (tertiary alicyclic amines) is 1. The maximum Gasteiger partial charge on any atom is 0.236 e. The van der Waals surface area contributed by atoms with Crippen LogP contribution in [-0.2, 0) is 17.6 Å². The first kappa shape index (κ1) is 19.4. The predicted octanol–water partition coefficient (Wildman–Crippen LogP) is 3.31. The molecule has 1 aliphatic rings. The van der Waals surface area contributed by atoms with Crippen molar-refractivity contribution in [2.24, 2.45) is 5.92 Å². The smallest absolute Gasteiger partial charge is 0.236 e. The second-order valence-electron chi connectivity index (χ2n) is 7.25. The lowest BCUT2D eigenvalue weighted by Gasteiger charge is -2.32. The standard InChI is InChI=1S/C23H30N2O2/c1-27-22-10-6-5-9-21(22)11-14-24-18-23(26)25-15-12-20(13-16-25)17-19-7-3-2-4-8-19/h2-10,20,24H,11-18H2,1H3. The van der Waals surface area contributed by atoms with E-state index in [0.717, 1.165) is 51.1 Å². The molecule has 1 N–H and O–H groups in total. The van der Waals surface area contributed by atoms with Crippen LogP contribution in [0.2, 0.25) is 0 Å². The Morgan fingerprint density at radius 1 is 1.07 bits per heavy atom. The number of ether oxygens (including phenoxy) is 1. The number of carbonyl (C=O) groups excluding carboxylic acids is 1. The van der Waals surface area contributed by atoms with Crippen LogP contribution in [-0.4, -0.2) is 44.1 Å². The number of benzene rings is 2. The van der Waals surface area contributed by atoms with Crippen molar-refractivity contribution in [1.82, 2.24) is 10.2 Å². The number of methoxy groups -OCH3 is 1. The zero-order valence-electron chi connectivity index (χ0n) is 16.2. The number of para-hydroxylation sites is 1. The number of nitrogens with zero attached hydrogens (tertiary/aromatic N) is 1. The van der Waals surface area contributed by atoms with E-state index < -0.39 is 0 Å². The van der Waals surface area contributed by atoms with Crippen molar-refractivity contribution in [1.29, 1.82) is 0 Å². The number of nitrogens with one attached hydrogen (secondary N) is 1. The van der Waals surface area contributed by atoms with Crippen molar-refractivity contribution in [2.75, 3.05) is 33.3 Å². The average molecular weight is 367 g/mol. The van der Waals surface area contributed by atoms with Crippen LogP contribution in [0.5, 0.6) is 5.75 Å². The highest BCUT2D eigenvalue weighted by Crippen LogP contribution is 2.21. The second kappa shape index (κ2) is 10.1. The van der Waals surface area contributed by atoms with Gasteiger partial charge in [-0.15, -0.1) is 0 Å². The van der Waals surface area contributed by atoms with Crippen LogP contribution in [0.4, 0.5) is 0 Å². The van der Waals surface area contributed by atoms with Crippen molar-refractivity contribution in [3.8, 4) is 5.75 Å². The van der Waals surface area contributed by atoms with Gasteiger partial charge in [0.1, 0.15) is 5.75 Å². The molecule has 0 atom stereocenters. The molecule has 1 heterocycles. The monoisotopic (exact) mass is 366 g/mol. The molecular formula is C23H30N2O2. The lowest BCUT2D eigenvalue weighted by atomic mass is 9.90. The number of hydrogen-bond acceptors (Lipinski definition) is 3. The topological polar surface area (TPSA) is 41.6 Å². The van der Waals surface area contributed by atoms with Gasteiger partial charge in [0.25, 0.3) is 0 Å². The van der Waals surface area contributed by atoms with E-state index in [9.17, 15) is 4.79 Å². The molecule has 27 heavy (non-hydrogen) atoms. The van der Waals surface area contributed by atoms with Crippen molar-refractivity contribution in [3.05, 3.63) is 65.7 Å². The molecule has 0 radical (unpaired) electrons. The van der Waals surface area contributed by atoms with E-state index in [1.807, 2.05) is 23.1 Å². The van der Waals surface area contributed by atoms with Crippen LogP contribution in [0.1, 0.15) is 24.0 Å². The summed E-state index contributed by atoms with van der Waals surface area (Å²) in [6.07, 6.45) is 4.18. The first-order valence-electron chi connectivity index (χ1n) is 9.90. The minimum absolute atomic E-state index is 0.216. The molecule has 1 amide bonds. The number of piperidine rings is 1. The summed E-state index contributed by atoms with van der Waals surface area (Å²) in [5.74, 6) is 1.81. The molecule has 0 bridgehead atoms. The van der Waals surface area contributed by atoms with Gasteiger partial charge in [-0.2, -0.15) is 0 Å². The first-order valence-corrected chi connectivity index (χ1v) is 9.90. The van der Waals surface area contributed by atoms with E-state index in [2.05, 4.69) is 41.7 Å². The summed E-state index contributed by atoms with van der Waals surface area (Å²) < 4.78 is 5.37. The molecule has 1 fully saturated rings. The molecule has 0 unspecified atom stereocenters. The van der Waals surface area contributed by atoms with E-state index in [1.54, 1.807) is 7.11 Å². The summed E-state index contributed by atoms with van der Waals surface area (Å²) in [7, 11) is 1.69. The van der Waals surface area contributed by atoms with Gasteiger partial charge < -0.3 is 15.0 Å². The summed E-state index contributed by atoms with van der Waals surface area (Å²) in [6, 6.07) is 18.7. The van der Waals surface area contributed by atoms with Gasteiger partial charge in [0.05, 0.1) is 13.7 Å². The Morgan fingerprint density at radius 3 is 2.52 bits per heavy atom. The van der Waals surface area contributed by atoms with Gasteiger partial charge in [-0.1, -0.05) is 48.5 Å². The van der Waals surface area contributed by atoms with Crippen LogP contribution in [0.15, 0.2) is 54.6 Å². The third kappa shape index (κ3) is 5.83. The Hall–Kier alpha value is -2.33. The summed E-state index contributed by atoms with van der Waals surface area (Å²) in [5, 5.41) is 3.29. The van der Waals surface area contributed by atoms with E-state index in [1.165, 1.54) is 11.1 Å². The van der Waals surface area contributed by atoms with E-state index in [0.29, 0.717) is 12.5 Å². The maximum absolute atomic E-state index is 12.4. The molecule has 0 aromatic heterocycles. The molecule has 4 heteroatoms.